The van der Waals surface area contributed by atoms with E-state index in [-0.39, 0.29) is 12.5 Å². The zero-order valence-corrected chi connectivity index (χ0v) is 10.7. The van der Waals surface area contributed by atoms with E-state index in [0.29, 0.717) is 11.4 Å². The fourth-order valence-corrected chi connectivity index (χ4v) is 1.45. The number of hydrogen-bond acceptors (Lipinski definition) is 5. The van der Waals surface area contributed by atoms with Crippen molar-refractivity contribution in [2.75, 3.05) is 6.54 Å². The van der Waals surface area contributed by atoms with Crippen molar-refractivity contribution in [1.29, 1.82) is 0 Å². The Morgan fingerprint density at radius 3 is 2.58 bits per heavy atom. The number of amides is 1. The van der Waals surface area contributed by atoms with Crippen LogP contribution in [0.4, 0.5) is 0 Å². The molecular weight excluding hydrogens is 246 g/mol. The van der Waals surface area contributed by atoms with Crippen LogP contribution >= 0.6 is 0 Å². The molecule has 7 nitrogen and oxygen atoms in total. The number of aromatic amines is 1. The summed E-state index contributed by atoms with van der Waals surface area (Å²) in [5, 5.41) is 25.7. The quantitative estimate of drug-likeness (QED) is 0.737. The van der Waals surface area contributed by atoms with Crippen molar-refractivity contribution in [3.63, 3.8) is 0 Å². The third-order valence-electron chi connectivity index (χ3n) is 2.43. The van der Waals surface area contributed by atoms with Crippen LogP contribution in [0.2, 0.25) is 0 Å². The number of tetrazole rings is 1. The molecule has 1 amide bonds. The van der Waals surface area contributed by atoms with Gasteiger partial charge < -0.3 is 10.4 Å². The summed E-state index contributed by atoms with van der Waals surface area (Å²) in [4.78, 5) is 11.8. The molecule has 0 aliphatic carbocycles. The Kier molecular flexibility index (Phi) is 3.57. The van der Waals surface area contributed by atoms with E-state index in [2.05, 4.69) is 25.9 Å². The lowest BCUT2D eigenvalue weighted by Gasteiger charge is -2.17. The minimum Gasteiger partial charge on any atom is -0.389 e. The van der Waals surface area contributed by atoms with Gasteiger partial charge in [-0.1, -0.05) is 12.1 Å². The van der Waals surface area contributed by atoms with E-state index < -0.39 is 5.60 Å². The summed E-state index contributed by atoms with van der Waals surface area (Å²) in [6, 6.07) is 6.82. The molecule has 2 rings (SSSR count). The number of benzene rings is 1. The Labute approximate surface area is 110 Å². The largest absolute Gasteiger partial charge is 0.389 e. The van der Waals surface area contributed by atoms with Crippen LogP contribution in [-0.4, -0.2) is 43.8 Å². The molecule has 2 aromatic rings. The normalized spacial score (nSPS) is 11.3. The van der Waals surface area contributed by atoms with Crippen LogP contribution in [0.1, 0.15) is 24.2 Å². The van der Waals surface area contributed by atoms with E-state index >= 15 is 0 Å². The number of rotatable bonds is 4. The highest BCUT2D eigenvalue weighted by Gasteiger charge is 2.14. The highest BCUT2D eigenvalue weighted by molar-refractivity contribution is 5.94. The summed E-state index contributed by atoms with van der Waals surface area (Å²) in [5.41, 5.74) is 0.351. The van der Waals surface area contributed by atoms with Crippen LogP contribution in [-0.2, 0) is 0 Å². The van der Waals surface area contributed by atoms with Gasteiger partial charge >= 0.3 is 0 Å². The number of hydrogen-bond donors (Lipinski definition) is 3. The first-order valence-electron chi connectivity index (χ1n) is 5.80. The molecule has 0 aliphatic rings. The van der Waals surface area contributed by atoms with Crippen molar-refractivity contribution in [2.45, 2.75) is 19.4 Å². The van der Waals surface area contributed by atoms with Crippen molar-refractivity contribution in [2.24, 2.45) is 0 Å². The Balaban J connectivity index is 2.04. The molecule has 0 atom stereocenters. The number of H-pyrrole nitrogens is 1. The van der Waals surface area contributed by atoms with E-state index in [1.807, 2.05) is 0 Å². The van der Waals surface area contributed by atoms with Gasteiger partial charge in [0.2, 0.25) is 5.82 Å². The lowest BCUT2D eigenvalue weighted by atomic mass is 10.1. The molecule has 19 heavy (non-hydrogen) atoms. The molecular formula is C12H15N5O2. The lowest BCUT2D eigenvalue weighted by molar-refractivity contribution is 0.0694. The topological polar surface area (TPSA) is 104 Å². The first-order chi connectivity index (χ1) is 8.96. The third kappa shape index (κ3) is 3.59. The number of nitrogens with one attached hydrogen (secondary N) is 2. The maximum atomic E-state index is 11.8. The fraction of sp³-hybridized carbons (Fsp3) is 0.333. The molecule has 3 N–H and O–H groups in total. The number of carbonyl (C=O) groups excluding carboxylic acids is 1. The summed E-state index contributed by atoms with van der Waals surface area (Å²) in [6.07, 6.45) is 0. The lowest BCUT2D eigenvalue weighted by Crippen LogP contribution is -2.38. The maximum absolute atomic E-state index is 11.8. The maximum Gasteiger partial charge on any atom is 0.251 e. The van der Waals surface area contributed by atoms with E-state index in [9.17, 15) is 9.90 Å². The van der Waals surface area contributed by atoms with Gasteiger partial charge in [0, 0.05) is 17.7 Å². The SMILES string of the molecule is CC(C)(O)CNC(=O)c1ccc(-c2nn[nH]n2)cc1. The highest BCUT2D eigenvalue weighted by atomic mass is 16.3. The fourth-order valence-electron chi connectivity index (χ4n) is 1.45. The number of aromatic nitrogens is 4. The van der Waals surface area contributed by atoms with Crippen LogP contribution < -0.4 is 5.32 Å². The molecule has 0 bridgehead atoms. The van der Waals surface area contributed by atoms with Gasteiger partial charge in [-0.2, -0.15) is 5.21 Å². The molecule has 1 heterocycles. The third-order valence-corrected chi connectivity index (χ3v) is 2.43. The molecule has 100 valence electrons. The number of aliphatic hydroxyl groups is 1. The van der Waals surface area contributed by atoms with Gasteiger partial charge in [-0.3, -0.25) is 4.79 Å². The standard InChI is InChI=1S/C12H15N5O2/c1-12(2,19)7-13-11(18)9-5-3-8(4-6-9)10-14-16-17-15-10/h3-6,19H,7H2,1-2H3,(H,13,18)(H,14,15,16,17). The summed E-state index contributed by atoms with van der Waals surface area (Å²) in [5.74, 6) is 0.241. The predicted molar refractivity (Wildman–Crippen MR) is 68.2 cm³/mol. The Morgan fingerprint density at radius 1 is 1.37 bits per heavy atom. The van der Waals surface area contributed by atoms with Gasteiger partial charge in [0.15, 0.2) is 0 Å². The highest BCUT2D eigenvalue weighted by Crippen LogP contribution is 2.13. The molecule has 7 heteroatoms. The molecule has 0 spiro atoms. The first kappa shape index (κ1) is 13.2. The van der Waals surface area contributed by atoms with Crippen molar-refractivity contribution < 1.29 is 9.90 Å². The van der Waals surface area contributed by atoms with Crippen LogP contribution in [0.3, 0.4) is 0 Å². The Bertz CT molecular complexity index is 542. The first-order valence-corrected chi connectivity index (χ1v) is 5.80. The average molecular weight is 261 g/mol. The summed E-state index contributed by atoms with van der Waals surface area (Å²) < 4.78 is 0. The summed E-state index contributed by atoms with van der Waals surface area (Å²) in [6.45, 7) is 3.46. The molecule has 1 aromatic heterocycles. The van der Waals surface area contributed by atoms with Crippen LogP contribution in [0, 0.1) is 0 Å². The van der Waals surface area contributed by atoms with E-state index in [4.69, 9.17) is 0 Å². The van der Waals surface area contributed by atoms with Crippen LogP contribution in [0.15, 0.2) is 24.3 Å². The van der Waals surface area contributed by atoms with Crippen LogP contribution in [0.5, 0.6) is 0 Å². The zero-order chi connectivity index (χ0) is 13.9. The van der Waals surface area contributed by atoms with E-state index in [1.54, 1.807) is 38.1 Å². The zero-order valence-electron chi connectivity index (χ0n) is 10.7. The molecule has 0 saturated heterocycles. The minimum atomic E-state index is -0.930. The number of carbonyl (C=O) groups is 1. The second-order valence-corrected chi connectivity index (χ2v) is 4.81. The minimum absolute atomic E-state index is 0.193. The Hall–Kier alpha value is -2.28. The summed E-state index contributed by atoms with van der Waals surface area (Å²) >= 11 is 0. The van der Waals surface area contributed by atoms with Crippen molar-refractivity contribution >= 4 is 5.91 Å². The molecule has 0 aliphatic heterocycles. The van der Waals surface area contributed by atoms with Gasteiger partial charge in [-0.25, -0.2) is 0 Å². The molecule has 0 radical (unpaired) electrons. The van der Waals surface area contributed by atoms with Gasteiger partial charge in [0.1, 0.15) is 0 Å². The van der Waals surface area contributed by atoms with E-state index in [1.165, 1.54) is 0 Å². The van der Waals surface area contributed by atoms with E-state index in [0.717, 1.165) is 5.56 Å². The van der Waals surface area contributed by atoms with Crippen molar-refractivity contribution in [3.8, 4) is 11.4 Å². The second-order valence-electron chi connectivity index (χ2n) is 4.81. The second kappa shape index (κ2) is 5.15. The average Bonchev–Trinajstić information content (AvgIpc) is 2.89. The molecule has 1 aromatic carbocycles. The van der Waals surface area contributed by atoms with Gasteiger partial charge in [0.25, 0.3) is 5.91 Å². The number of nitrogens with zero attached hydrogens (tertiary/aromatic N) is 3. The van der Waals surface area contributed by atoms with Gasteiger partial charge in [0.05, 0.1) is 5.60 Å². The molecule has 0 fully saturated rings. The molecule has 0 saturated carbocycles. The predicted octanol–water partition coefficient (Wildman–Crippen LogP) is 0.367. The smallest absolute Gasteiger partial charge is 0.251 e. The van der Waals surface area contributed by atoms with Gasteiger partial charge in [-0.15, -0.1) is 10.2 Å². The van der Waals surface area contributed by atoms with Gasteiger partial charge in [-0.05, 0) is 31.2 Å². The molecule has 0 unspecified atom stereocenters. The van der Waals surface area contributed by atoms with Crippen LogP contribution in [0.25, 0.3) is 11.4 Å². The van der Waals surface area contributed by atoms with Crippen molar-refractivity contribution in [1.82, 2.24) is 25.9 Å². The van der Waals surface area contributed by atoms with Crippen molar-refractivity contribution in [3.05, 3.63) is 29.8 Å². The Morgan fingerprint density at radius 2 is 2.05 bits per heavy atom. The summed E-state index contributed by atoms with van der Waals surface area (Å²) in [7, 11) is 0. The monoisotopic (exact) mass is 261 g/mol.